The molecule has 2 heterocycles. The van der Waals surface area contributed by atoms with Crippen molar-refractivity contribution in [3.8, 4) is 11.3 Å². The van der Waals surface area contributed by atoms with Crippen LogP contribution in [-0.4, -0.2) is 39.8 Å². The van der Waals surface area contributed by atoms with Crippen molar-refractivity contribution in [3.05, 3.63) is 42.2 Å². The lowest BCUT2D eigenvalue weighted by atomic mass is 10.2. The second kappa shape index (κ2) is 6.04. The van der Waals surface area contributed by atoms with Crippen LogP contribution in [0.2, 0.25) is 0 Å². The molecule has 6 nitrogen and oxygen atoms in total. The number of hydrogen-bond acceptors (Lipinski definition) is 6. The number of morpholine rings is 1. The van der Waals surface area contributed by atoms with Crippen LogP contribution in [-0.2, 0) is 14.6 Å². The summed E-state index contributed by atoms with van der Waals surface area (Å²) < 4.78 is 35.5. The van der Waals surface area contributed by atoms with Crippen LogP contribution in [0.1, 0.15) is 10.6 Å². The number of hydrogen-bond donors (Lipinski definition) is 1. The van der Waals surface area contributed by atoms with Crippen LogP contribution in [0.25, 0.3) is 11.3 Å². The largest absolute Gasteiger partial charge is 0.453 e. The maximum absolute atomic E-state index is 12.5. The van der Waals surface area contributed by atoms with Crippen molar-refractivity contribution in [3.63, 3.8) is 0 Å². The molecule has 0 spiro atoms. The number of rotatable bonds is 4. The Morgan fingerprint density at radius 1 is 1.14 bits per heavy atom. The molecule has 1 aliphatic heterocycles. The van der Waals surface area contributed by atoms with Gasteiger partial charge in [0.05, 0.1) is 11.5 Å². The third kappa shape index (κ3) is 2.83. The third-order valence-corrected chi connectivity index (χ3v) is 5.37. The number of carbonyl (C=O) groups excluding carboxylic acids is 1. The van der Waals surface area contributed by atoms with Gasteiger partial charge in [0.2, 0.25) is 9.84 Å². The van der Waals surface area contributed by atoms with Gasteiger partial charge in [0.1, 0.15) is 5.76 Å². The highest BCUT2D eigenvalue weighted by Crippen LogP contribution is 2.25. The molecular weight excluding hydrogens is 306 g/mol. The maximum Gasteiger partial charge on any atom is 0.206 e. The van der Waals surface area contributed by atoms with Crippen molar-refractivity contribution < 1.29 is 22.4 Å². The summed E-state index contributed by atoms with van der Waals surface area (Å²) >= 11 is 0. The summed E-state index contributed by atoms with van der Waals surface area (Å²) in [7, 11) is -3.53. The van der Waals surface area contributed by atoms with Crippen molar-refractivity contribution in [2.24, 2.45) is 0 Å². The molecule has 1 aromatic heterocycles. The third-order valence-electron chi connectivity index (χ3n) is 3.45. The number of aldehydes is 1. The van der Waals surface area contributed by atoms with E-state index in [0.29, 0.717) is 30.8 Å². The van der Waals surface area contributed by atoms with Gasteiger partial charge in [-0.2, -0.15) is 0 Å². The number of benzene rings is 1. The van der Waals surface area contributed by atoms with Crippen LogP contribution in [0.4, 0.5) is 0 Å². The highest BCUT2D eigenvalue weighted by molar-refractivity contribution is 7.92. The lowest BCUT2D eigenvalue weighted by Gasteiger charge is -2.23. The molecular formula is C15H15NO5S. The molecule has 0 saturated carbocycles. The zero-order valence-corrected chi connectivity index (χ0v) is 12.5. The number of carbonyl (C=O) groups is 1. The van der Waals surface area contributed by atoms with Crippen LogP contribution < -0.4 is 5.32 Å². The van der Waals surface area contributed by atoms with E-state index in [1.165, 1.54) is 12.1 Å². The van der Waals surface area contributed by atoms with Crippen molar-refractivity contribution in [1.29, 1.82) is 0 Å². The van der Waals surface area contributed by atoms with Gasteiger partial charge in [0.15, 0.2) is 17.5 Å². The van der Waals surface area contributed by atoms with Gasteiger partial charge in [0.25, 0.3) is 0 Å². The van der Waals surface area contributed by atoms with Gasteiger partial charge in [0, 0.05) is 18.7 Å². The first-order valence-corrected chi connectivity index (χ1v) is 8.37. The van der Waals surface area contributed by atoms with E-state index in [-0.39, 0.29) is 17.2 Å². The molecule has 0 radical (unpaired) electrons. The first-order chi connectivity index (χ1) is 10.6. The summed E-state index contributed by atoms with van der Waals surface area (Å²) in [6, 6.07) is 9.57. The fourth-order valence-corrected chi connectivity index (χ4v) is 3.70. The maximum atomic E-state index is 12.5. The molecule has 7 heteroatoms. The first kappa shape index (κ1) is 15.0. The van der Waals surface area contributed by atoms with Gasteiger partial charge in [-0.05, 0) is 36.4 Å². The minimum absolute atomic E-state index is 0.201. The van der Waals surface area contributed by atoms with Gasteiger partial charge >= 0.3 is 0 Å². The van der Waals surface area contributed by atoms with Crippen LogP contribution in [0.5, 0.6) is 0 Å². The highest BCUT2D eigenvalue weighted by atomic mass is 32.2. The Balaban J connectivity index is 1.85. The van der Waals surface area contributed by atoms with E-state index >= 15 is 0 Å². The van der Waals surface area contributed by atoms with Gasteiger partial charge in [-0.15, -0.1) is 0 Å². The zero-order valence-electron chi connectivity index (χ0n) is 11.7. The van der Waals surface area contributed by atoms with E-state index in [0.717, 1.165) is 0 Å². The molecule has 1 unspecified atom stereocenters. The van der Waals surface area contributed by atoms with E-state index < -0.39 is 15.3 Å². The minimum Gasteiger partial charge on any atom is -0.453 e. The van der Waals surface area contributed by atoms with Crippen molar-refractivity contribution in [2.45, 2.75) is 10.3 Å². The molecule has 0 aliphatic carbocycles. The second-order valence-electron chi connectivity index (χ2n) is 4.89. The predicted octanol–water partition coefficient (Wildman–Crippen LogP) is 1.48. The smallest absolute Gasteiger partial charge is 0.206 e. The van der Waals surface area contributed by atoms with E-state index in [2.05, 4.69) is 5.32 Å². The van der Waals surface area contributed by atoms with Crippen LogP contribution >= 0.6 is 0 Å². The Hall–Kier alpha value is -1.96. The number of nitrogens with one attached hydrogen (secondary N) is 1. The molecule has 1 atom stereocenters. The van der Waals surface area contributed by atoms with Crippen molar-refractivity contribution >= 4 is 16.1 Å². The van der Waals surface area contributed by atoms with E-state index in [1.54, 1.807) is 24.3 Å². The van der Waals surface area contributed by atoms with Crippen LogP contribution in [0.3, 0.4) is 0 Å². The predicted molar refractivity (Wildman–Crippen MR) is 79.3 cm³/mol. The van der Waals surface area contributed by atoms with Crippen LogP contribution in [0, 0.1) is 0 Å². The second-order valence-corrected chi connectivity index (χ2v) is 6.98. The average Bonchev–Trinajstić information content (AvgIpc) is 3.05. The number of sulfone groups is 1. The first-order valence-electron chi connectivity index (χ1n) is 6.83. The average molecular weight is 321 g/mol. The Bertz CT molecular complexity index is 757. The summed E-state index contributed by atoms with van der Waals surface area (Å²) in [5.74, 6) is 0.745. The minimum atomic E-state index is -3.53. The Labute approximate surface area is 128 Å². The fourth-order valence-electron chi connectivity index (χ4n) is 2.27. The topological polar surface area (TPSA) is 85.6 Å². The molecule has 0 bridgehead atoms. The standard InChI is InChI=1S/C15H15NO5S/c17-10-12-3-6-14(21-12)11-1-4-13(5-2-11)22(18,19)15-9-16-7-8-20-15/h1-6,10,15-16H,7-9H2. The molecule has 3 rings (SSSR count). The molecule has 2 aromatic rings. The van der Waals surface area contributed by atoms with Crippen molar-refractivity contribution in [1.82, 2.24) is 5.32 Å². The normalized spacial score (nSPS) is 19.0. The zero-order chi connectivity index (χ0) is 15.6. The monoisotopic (exact) mass is 321 g/mol. The summed E-state index contributed by atoms with van der Waals surface area (Å²) in [5, 5.41) is 3.00. The summed E-state index contributed by atoms with van der Waals surface area (Å²) in [4.78, 5) is 10.8. The fraction of sp³-hybridized carbons (Fsp3) is 0.267. The van der Waals surface area contributed by atoms with Gasteiger partial charge < -0.3 is 14.5 Å². The summed E-state index contributed by atoms with van der Waals surface area (Å²) in [6.07, 6.45) is 0.621. The van der Waals surface area contributed by atoms with Crippen molar-refractivity contribution in [2.75, 3.05) is 19.7 Å². The molecule has 1 aliphatic rings. The molecule has 1 fully saturated rings. The molecule has 0 amide bonds. The van der Waals surface area contributed by atoms with E-state index in [1.807, 2.05) is 0 Å². The number of furan rings is 1. The quantitative estimate of drug-likeness (QED) is 0.859. The van der Waals surface area contributed by atoms with Gasteiger partial charge in [-0.25, -0.2) is 8.42 Å². The molecule has 116 valence electrons. The van der Waals surface area contributed by atoms with Gasteiger partial charge in [-0.3, -0.25) is 4.79 Å². The Morgan fingerprint density at radius 2 is 1.91 bits per heavy atom. The van der Waals surface area contributed by atoms with E-state index in [9.17, 15) is 13.2 Å². The Kier molecular flexibility index (Phi) is 4.10. The Morgan fingerprint density at radius 3 is 2.50 bits per heavy atom. The molecule has 1 saturated heterocycles. The SMILES string of the molecule is O=Cc1ccc(-c2ccc(S(=O)(=O)C3CNCCO3)cc2)o1. The lowest BCUT2D eigenvalue weighted by Crippen LogP contribution is -2.42. The lowest BCUT2D eigenvalue weighted by molar-refractivity contribution is 0.0785. The molecule has 1 aromatic carbocycles. The molecule has 22 heavy (non-hydrogen) atoms. The molecule has 1 N–H and O–H groups in total. The summed E-state index contributed by atoms with van der Waals surface area (Å²) in [6.45, 7) is 1.32. The summed E-state index contributed by atoms with van der Waals surface area (Å²) in [5.41, 5.74) is -0.160. The number of ether oxygens (including phenoxy) is 1. The van der Waals surface area contributed by atoms with Crippen LogP contribution in [0.15, 0.2) is 45.7 Å². The van der Waals surface area contributed by atoms with Gasteiger partial charge in [-0.1, -0.05) is 0 Å². The highest BCUT2D eigenvalue weighted by Gasteiger charge is 2.29. The van der Waals surface area contributed by atoms with E-state index in [4.69, 9.17) is 9.15 Å².